The van der Waals surface area contributed by atoms with Crippen LogP contribution >= 0.6 is 0 Å². The highest BCUT2D eigenvalue weighted by molar-refractivity contribution is 5.86. The number of carboxylic acids is 1. The van der Waals surface area contributed by atoms with Crippen LogP contribution in [-0.2, 0) is 4.79 Å². The molecule has 3 aliphatic carbocycles. The lowest BCUT2D eigenvalue weighted by Gasteiger charge is -2.31. The van der Waals surface area contributed by atoms with Crippen LogP contribution < -0.4 is 0 Å². The minimum atomic E-state index is -0.776. The first-order chi connectivity index (χ1) is 7.18. The van der Waals surface area contributed by atoms with Crippen molar-refractivity contribution in [1.29, 1.82) is 0 Å². The molecule has 0 aromatic heterocycles. The van der Waals surface area contributed by atoms with E-state index in [0.717, 1.165) is 24.2 Å². The number of carbonyl (C=O) groups is 1. The van der Waals surface area contributed by atoms with Crippen LogP contribution in [0.15, 0.2) is 12.2 Å². The Balaban J connectivity index is 1.81. The predicted molar refractivity (Wildman–Crippen MR) is 57.3 cm³/mol. The molecule has 0 saturated heterocycles. The number of hydrogen-bond acceptors (Lipinski definition) is 1. The first-order valence-electron chi connectivity index (χ1n) is 6.10. The van der Waals surface area contributed by atoms with Crippen LogP contribution in [0.5, 0.6) is 0 Å². The molecule has 15 heavy (non-hydrogen) atoms. The van der Waals surface area contributed by atoms with Gasteiger partial charge in [0.2, 0.25) is 0 Å². The molecule has 0 heterocycles. The van der Waals surface area contributed by atoms with E-state index in [4.69, 9.17) is 5.11 Å². The number of fused-ring (bicyclic) bond motifs is 5. The molecule has 0 aliphatic heterocycles. The van der Waals surface area contributed by atoms with E-state index in [1.165, 1.54) is 25.7 Å². The van der Waals surface area contributed by atoms with E-state index in [1.807, 2.05) is 0 Å². The first kappa shape index (κ1) is 9.44. The molecule has 5 atom stereocenters. The topological polar surface area (TPSA) is 37.3 Å². The lowest BCUT2D eigenvalue weighted by Crippen LogP contribution is -2.27. The van der Waals surface area contributed by atoms with Crippen LogP contribution in [0.4, 0.5) is 0 Å². The lowest BCUT2D eigenvalue weighted by atomic mass is 9.73. The first-order valence-corrected chi connectivity index (χ1v) is 6.10. The van der Waals surface area contributed by atoms with E-state index >= 15 is 0 Å². The molecule has 2 nitrogen and oxygen atoms in total. The lowest BCUT2D eigenvalue weighted by molar-refractivity contribution is -0.133. The van der Waals surface area contributed by atoms with Crippen molar-refractivity contribution in [3.05, 3.63) is 12.2 Å². The summed E-state index contributed by atoms with van der Waals surface area (Å²) < 4.78 is 0. The normalized spacial score (nSPS) is 46.8. The maximum Gasteiger partial charge on any atom is 0.331 e. The second-order valence-corrected chi connectivity index (χ2v) is 5.59. The van der Waals surface area contributed by atoms with Gasteiger partial charge in [0.05, 0.1) is 0 Å². The van der Waals surface area contributed by atoms with Crippen molar-refractivity contribution in [2.24, 2.45) is 29.6 Å². The Morgan fingerprint density at radius 1 is 1.13 bits per heavy atom. The van der Waals surface area contributed by atoms with E-state index in [2.05, 4.69) is 6.58 Å². The molecule has 0 radical (unpaired) electrons. The van der Waals surface area contributed by atoms with Gasteiger partial charge in [-0.05, 0) is 55.3 Å². The number of carboxylic acid groups (broad SMARTS) is 1. The van der Waals surface area contributed by atoms with Crippen molar-refractivity contribution in [3.8, 4) is 0 Å². The fourth-order valence-electron chi connectivity index (χ4n) is 4.63. The van der Waals surface area contributed by atoms with Crippen molar-refractivity contribution in [1.82, 2.24) is 0 Å². The standard InChI is InChI=1S/C13H18O2/c1-7(13(14)15)11-5-8-6-12(11)10-4-2-3-9(8)10/h8-12H,1-6H2,(H,14,15)/t8-,9+,10+,11+,12+/m1/s1. The summed E-state index contributed by atoms with van der Waals surface area (Å²) in [6.45, 7) is 3.77. The molecule has 3 fully saturated rings. The van der Waals surface area contributed by atoms with E-state index in [0.29, 0.717) is 17.4 Å². The minimum absolute atomic E-state index is 0.298. The summed E-state index contributed by atoms with van der Waals surface area (Å²) >= 11 is 0. The molecule has 0 aromatic rings. The average Bonchev–Trinajstić information content (AvgIpc) is 2.87. The largest absolute Gasteiger partial charge is 0.478 e. The zero-order valence-electron chi connectivity index (χ0n) is 8.98. The van der Waals surface area contributed by atoms with E-state index in [-0.39, 0.29) is 0 Å². The smallest absolute Gasteiger partial charge is 0.331 e. The van der Waals surface area contributed by atoms with Crippen LogP contribution in [0.3, 0.4) is 0 Å². The Labute approximate surface area is 90.4 Å². The molecule has 0 amide bonds. The molecular formula is C13H18O2. The zero-order chi connectivity index (χ0) is 10.6. The van der Waals surface area contributed by atoms with Gasteiger partial charge in [-0.2, -0.15) is 0 Å². The van der Waals surface area contributed by atoms with E-state index in [9.17, 15) is 4.79 Å². The van der Waals surface area contributed by atoms with Gasteiger partial charge in [0, 0.05) is 5.57 Å². The molecule has 3 rings (SSSR count). The second kappa shape index (κ2) is 3.10. The van der Waals surface area contributed by atoms with Crippen molar-refractivity contribution >= 4 is 5.97 Å². The maximum atomic E-state index is 11.0. The molecule has 1 N–H and O–H groups in total. The fourth-order valence-corrected chi connectivity index (χ4v) is 4.63. The zero-order valence-corrected chi connectivity index (χ0v) is 8.98. The SMILES string of the molecule is C=C(C(=O)O)[C@@H]1C[C@@H]2C[C@H]1[C@H]1CCC[C@@H]21. The van der Waals surface area contributed by atoms with Crippen LogP contribution in [0.1, 0.15) is 32.1 Å². The van der Waals surface area contributed by atoms with Gasteiger partial charge >= 0.3 is 5.97 Å². The van der Waals surface area contributed by atoms with Gasteiger partial charge in [0.15, 0.2) is 0 Å². The van der Waals surface area contributed by atoms with Gasteiger partial charge in [-0.25, -0.2) is 4.79 Å². The molecule has 3 saturated carbocycles. The van der Waals surface area contributed by atoms with Crippen molar-refractivity contribution in [3.63, 3.8) is 0 Å². The number of rotatable bonds is 2. The summed E-state index contributed by atoms with van der Waals surface area (Å²) in [5, 5.41) is 9.01. The third-order valence-corrected chi connectivity index (χ3v) is 5.15. The second-order valence-electron chi connectivity index (χ2n) is 5.59. The Morgan fingerprint density at radius 2 is 1.87 bits per heavy atom. The molecule has 2 bridgehead atoms. The molecule has 0 unspecified atom stereocenters. The molecule has 82 valence electrons. The molecule has 3 aliphatic rings. The summed E-state index contributed by atoms with van der Waals surface area (Å²) in [5.74, 6) is 2.78. The van der Waals surface area contributed by atoms with Gasteiger partial charge < -0.3 is 5.11 Å². The van der Waals surface area contributed by atoms with Gasteiger partial charge in [-0.15, -0.1) is 0 Å². The molecule has 0 aromatic carbocycles. The predicted octanol–water partition coefficient (Wildman–Crippen LogP) is 2.70. The fraction of sp³-hybridized carbons (Fsp3) is 0.769. The quantitative estimate of drug-likeness (QED) is 0.705. The van der Waals surface area contributed by atoms with Crippen molar-refractivity contribution < 1.29 is 9.90 Å². The third-order valence-electron chi connectivity index (χ3n) is 5.15. The van der Waals surface area contributed by atoms with Gasteiger partial charge in [0.1, 0.15) is 0 Å². The van der Waals surface area contributed by atoms with Crippen LogP contribution in [-0.4, -0.2) is 11.1 Å². The van der Waals surface area contributed by atoms with Crippen LogP contribution in [0.25, 0.3) is 0 Å². The number of aliphatic carboxylic acids is 1. The Morgan fingerprint density at radius 3 is 2.60 bits per heavy atom. The van der Waals surface area contributed by atoms with Crippen LogP contribution in [0.2, 0.25) is 0 Å². The Hall–Kier alpha value is -0.790. The molecular weight excluding hydrogens is 188 g/mol. The number of hydrogen-bond donors (Lipinski definition) is 1. The minimum Gasteiger partial charge on any atom is -0.478 e. The molecule has 0 spiro atoms. The summed E-state index contributed by atoms with van der Waals surface area (Å²) in [4.78, 5) is 11.0. The maximum absolute atomic E-state index is 11.0. The monoisotopic (exact) mass is 206 g/mol. The highest BCUT2D eigenvalue weighted by atomic mass is 16.4. The summed E-state index contributed by atoms with van der Waals surface area (Å²) in [7, 11) is 0. The Bertz CT molecular complexity index is 320. The summed E-state index contributed by atoms with van der Waals surface area (Å²) in [5.41, 5.74) is 0.479. The van der Waals surface area contributed by atoms with E-state index < -0.39 is 5.97 Å². The molecule has 2 heteroatoms. The average molecular weight is 206 g/mol. The van der Waals surface area contributed by atoms with Gasteiger partial charge in [-0.3, -0.25) is 0 Å². The van der Waals surface area contributed by atoms with Crippen LogP contribution in [0, 0.1) is 29.6 Å². The Kier molecular flexibility index (Phi) is 1.95. The highest BCUT2D eigenvalue weighted by Gasteiger charge is 2.54. The third kappa shape index (κ3) is 1.20. The van der Waals surface area contributed by atoms with E-state index in [1.54, 1.807) is 0 Å². The van der Waals surface area contributed by atoms with Gasteiger partial charge in [-0.1, -0.05) is 13.0 Å². The van der Waals surface area contributed by atoms with Crippen molar-refractivity contribution in [2.45, 2.75) is 32.1 Å². The summed E-state index contributed by atoms with van der Waals surface area (Å²) in [6, 6.07) is 0. The summed E-state index contributed by atoms with van der Waals surface area (Å²) in [6.07, 6.45) is 6.51. The highest BCUT2D eigenvalue weighted by Crippen LogP contribution is 2.62. The van der Waals surface area contributed by atoms with Crippen molar-refractivity contribution in [2.75, 3.05) is 0 Å². The van der Waals surface area contributed by atoms with Gasteiger partial charge in [0.25, 0.3) is 0 Å².